The van der Waals surface area contributed by atoms with Gasteiger partial charge in [0.15, 0.2) is 0 Å². The van der Waals surface area contributed by atoms with Crippen LogP contribution in [0, 0.1) is 0 Å². The van der Waals surface area contributed by atoms with Crippen LogP contribution in [0.25, 0.3) is 0 Å². The van der Waals surface area contributed by atoms with E-state index >= 15 is 0 Å². The number of nitrogens with one attached hydrogen (secondary N) is 1. The summed E-state index contributed by atoms with van der Waals surface area (Å²) in [5, 5.41) is 7.83. The lowest BCUT2D eigenvalue weighted by atomic mass is 10.1. The quantitative estimate of drug-likeness (QED) is 0.864. The highest BCUT2D eigenvalue weighted by molar-refractivity contribution is 7.99. The zero-order valence-corrected chi connectivity index (χ0v) is 16.0. The van der Waals surface area contributed by atoms with Crippen molar-refractivity contribution < 1.29 is 4.79 Å². The Balaban J connectivity index is 1.64. The molecule has 1 aromatic carbocycles. The number of hydrogen-bond donors (Lipinski definition) is 1. The Kier molecular flexibility index (Phi) is 5.25. The average Bonchev–Trinajstić information content (AvgIpc) is 3.10. The van der Waals surface area contributed by atoms with Crippen LogP contribution < -0.4 is 5.32 Å². The van der Waals surface area contributed by atoms with Gasteiger partial charge in [-0.3, -0.25) is 4.79 Å². The Morgan fingerprint density at radius 2 is 2.04 bits per heavy atom. The molecule has 1 amide bonds. The molecule has 1 aromatic heterocycles. The SMILES string of the molecule is CC(C)(C)n1nc2c(c1NC(=O)CSCc1ccccc1)CSC2. The van der Waals surface area contributed by atoms with Crippen molar-refractivity contribution >= 4 is 35.2 Å². The minimum Gasteiger partial charge on any atom is -0.310 e. The molecular formula is C18H23N3OS2. The number of rotatable bonds is 5. The zero-order valence-electron chi connectivity index (χ0n) is 14.3. The van der Waals surface area contributed by atoms with Gasteiger partial charge in [-0.25, -0.2) is 4.68 Å². The fourth-order valence-corrected chi connectivity index (χ4v) is 4.45. The molecule has 0 fully saturated rings. The Hall–Kier alpha value is -1.40. The van der Waals surface area contributed by atoms with Gasteiger partial charge in [0.25, 0.3) is 0 Å². The topological polar surface area (TPSA) is 46.9 Å². The number of hydrogen-bond acceptors (Lipinski definition) is 4. The number of amides is 1. The third kappa shape index (κ3) is 3.98. The molecule has 0 spiro atoms. The van der Waals surface area contributed by atoms with Crippen molar-refractivity contribution in [2.45, 2.75) is 43.6 Å². The van der Waals surface area contributed by atoms with Crippen LogP contribution in [0.2, 0.25) is 0 Å². The smallest absolute Gasteiger partial charge is 0.235 e. The van der Waals surface area contributed by atoms with Gasteiger partial charge >= 0.3 is 0 Å². The first-order chi connectivity index (χ1) is 11.4. The third-order valence-electron chi connectivity index (χ3n) is 3.79. The maximum Gasteiger partial charge on any atom is 0.235 e. The molecule has 1 aliphatic heterocycles. The van der Waals surface area contributed by atoms with Gasteiger partial charge < -0.3 is 5.32 Å². The second-order valence-corrected chi connectivity index (χ2v) is 8.85. The first kappa shape index (κ1) is 17.4. The fraction of sp³-hybridized carbons (Fsp3) is 0.444. The Bertz CT molecular complexity index is 720. The molecule has 3 rings (SSSR count). The van der Waals surface area contributed by atoms with Crippen LogP contribution in [-0.2, 0) is 27.6 Å². The number of benzene rings is 1. The predicted molar refractivity (Wildman–Crippen MR) is 103 cm³/mol. The molecule has 0 unspecified atom stereocenters. The van der Waals surface area contributed by atoms with Crippen LogP contribution >= 0.6 is 23.5 Å². The van der Waals surface area contributed by atoms with Crippen molar-refractivity contribution in [3.63, 3.8) is 0 Å². The van der Waals surface area contributed by atoms with E-state index in [0.29, 0.717) is 5.75 Å². The normalized spacial score (nSPS) is 13.8. The Morgan fingerprint density at radius 1 is 1.29 bits per heavy atom. The van der Waals surface area contributed by atoms with E-state index in [0.717, 1.165) is 28.8 Å². The van der Waals surface area contributed by atoms with Gasteiger partial charge in [-0.05, 0) is 26.3 Å². The number of carbonyl (C=O) groups excluding carboxylic acids is 1. The van der Waals surface area contributed by atoms with Gasteiger partial charge in [-0.2, -0.15) is 16.9 Å². The molecule has 0 atom stereocenters. The van der Waals surface area contributed by atoms with Crippen LogP contribution in [0.4, 0.5) is 5.82 Å². The summed E-state index contributed by atoms with van der Waals surface area (Å²) in [5.74, 6) is 4.09. The van der Waals surface area contributed by atoms with Gasteiger partial charge in [-0.1, -0.05) is 30.3 Å². The second kappa shape index (κ2) is 7.23. The Labute approximate surface area is 151 Å². The number of carbonyl (C=O) groups is 1. The van der Waals surface area contributed by atoms with Crippen molar-refractivity contribution in [3.05, 3.63) is 47.2 Å². The molecule has 0 bridgehead atoms. The highest BCUT2D eigenvalue weighted by atomic mass is 32.2. The number of nitrogens with zero attached hydrogens (tertiary/aromatic N) is 2. The second-order valence-electron chi connectivity index (χ2n) is 6.88. The van der Waals surface area contributed by atoms with Crippen molar-refractivity contribution in [2.24, 2.45) is 0 Å². The molecule has 2 aromatic rings. The van der Waals surface area contributed by atoms with Gasteiger partial charge in [0, 0.05) is 22.8 Å². The summed E-state index contributed by atoms with van der Waals surface area (Å²) in [6.45, 7) is 6.34. The van der Waals surface area contributed by atoms with Crippen molar-refractivity contribution in [3.8, 4) is 0 Å². The number of thioether (sulfide) groups is 2. The molecular weight excluding hydrogens is 338 g/mol. The van der Waals surface area contributed by atoms with Crippen molar-refractivity contribution in [1.82, 2.24) is 9.78 Å². The monoisotopic (exact) mass is 361 g/mol. The van der Waals surface area contributed by atoms with Crippen molar-refractivity contribution in [2.75, 3.05) is 11.1 Å². The van der Waals surface area contributed by atoms with Crippen LogP contribution in [0.3, 0.4) is 0 Å². The minimum atomic E-state index is -0.144. The summed E-state index contributed by atoms with van der Waals surface area (Å²) in [4.78, 5) is 12.4. The molecule has 128 valence electrons. The molecule has 24 heavy (non-hydrogen) atoms. The van der Waals surface area contributed by atoms with Crippen LogP contribution in [0.15, 0.2) is 30.3 Å². The van der Waals surface area contributed by atoms with Crippen LogP contribution in [0.5, 0.6) is 0 Å². The van der Waals surface area contributed by atoms with E-state index in [1.54, 1.807) is 11.8 Å². The summed E-state index contributed by atoms with van der Waals surface area (Å²) in [6, 6.07) is 10.2. The maximum absolute atomic E-state index is 12.4. The van der Waals surface area contributed by atoms with Crippen LogP contribution in [0.1, 0.15) is 37.6 Å². The summed E-state index contributed by atoms with van der Waals surface area (Å²) < 4.78 is 1.97. The molecule has 2 heterocycles. The first-order valence-corrected chi connectivity index (χ1v) is 10.4. The largest absolute Gasteiger partial charge is 0.310 e. The summed E-state index contributed by atoms with van der Waals surface area (Å²) in [5.41, 5.74) is 3.40. The van der Waals surface area contributed by atoms with E-state index in [9.17, 15) is 4.79 Å². The van der Waals surface area contributed by atoms with E-state index in [-0.39, 0.29) is 11.4 Å². The molecule has 0 radical (unpaired) electrons. The standard InChI is InChI=1S/C18H23N3OS2/c1-18(2,3)21-17(14-10-24-11-15(14)20-21)19-16(22)12-23-9-13-7-5-4-6-8-13/h4-8H,9-12H2,1-3H3,(H,19,22). The lowest BCUT2D eigenvalue weighted by Gasteiger charge is -2.23. The van der Waals surface area contributed by atoms with Crippen molar-refractivity contribution in [1.29, 1.82) is 0 Å². The van der Waals surface area contributed by atoms with E-state index in [1.165, 1.54) is 11.1 Å². The molecule has 1 N–H and O–H groups in total. The fourth-order valence-electron chi connectivity index (χ4n) is 2.63. The summed E-state index contributed by atoms with van der Waals surface area (Å²) in [6.07, 6.45) is 0. The lowest BCUT2D eigenvalue weighted by Crippen LogP contribution is -2.27. The number of anilines is 1. The Morgan fingerprint density at radius 3 is 2.75 bits per heavy atom. The van der Waals surface area contributed by atoms with E-state index in [4.69, 9.17) is 5.10 Å². The third-order valence-corrected chi connectivity index (χ3v) is 5.76. The molecule has 4 nitrogen and oxygen atoms in total. The van der Waals surface area contributed by atoms with E-state index in [1.807, 2.05) is 34.6 Å². The van der Waals surface area contributed by atoms with Gasteiger partial charge in [-0.15, -0.1) is 11.8 Å². The van der Waals surface area contributed by atoms with E-state index < -0.39 is 0 Å². The van der Waals surface area contributed by atoms with E-state index in [2.05, 4.69) is 38.2 Å². The lowest BCUT2D eigenvalue weighted by molar-refractivity contribution is -0.113. The van der Waals surface area contributed by atoms with Gasteiger partial charge in [0.1, 0.15) is 5.82 Å². The van der Waals surface area contributed by atoms with Gasteiger partial charge in [0.05, 0.1) is 17.0 Å². The molecule has 0 saturated heterocycles. The highest BCUT2D eigenvalue weighted by Crippen LogP contribution is 2.37. The summed E-state index contributed by atoms with van der Waals surface area (Å²) in [7, 11) is 0. The number of fused-ring (bicyclic) bond motifs is 1. The first-order valence-electron chi connectivity index (χ1n) is 8.05. The number of aromatic nitrogens is 2. The highest BCUT2D eigenvalue weighted by Gasteiger charge is 2.28. The molecule has 0 saturated carbocycles. The average molecular weight is 362 g/mol. The van der Waals surface area contributed by atoms with Crippen LogP contribution in [-0.4, -0.2) is 21.4 Å². The molecule has 6 heteroatoms. The maximum atomic E-state index is 12.4. The summed E-state index contributed by atoms with van der Waals surface area (Å²) >= 11 is 3.49. The molecule has 1 aliphatic rings. The van der Waals surface area contributed by atoms with Gasteiger partial charge in [0.2, 0.25) is 5.91 Å². The minimum absolute atomic E-state index is 0.0426. The predicted octanol–water partition coefficient (Wildman–Crippen LogP) is 4.26. The zero-order chi connectivity index (χ0) is 17.2. The molecule has 0 aliphatic carbocycles.